The standard InChI is InChI=1S/C4H6.Li.H/c1-2-4-3-1;;/h1-2H,3-4H2;;/q;+1;-1. The number of hydrogen-bond donors (Lipinski definition) is 0. The van der Waals surface area contributed by atoms with Crippen LogP contribution in [0, 0.1) is 0 Å². The molecule has 0 aromatic carbocycles. The molecule has 5 heavy (non-hydrogen) atoms. The normalized spacial score (nSPS) is 16.0. The first-order chi connectivity index (χ1) is 2.00. The molecule has 0 atom stereocenters. The van der Waals surface area contributed by atoms with Crippen LogP contribution < -0.4 is 18.9 Å². The van der Waals surface area contributed by atoms with Crippen LogP contribution in [-0.4, -0.2) is 0 Å². The summed E-state index contributed by atoms with van der Waals surface area (Å²) < 4.78 is 0. The molecule has 0 unspecified atom stereocenters. The topological polar surface area (TPSA) is 0 Å². The van der Waals surface area contributed by atoms with E-state index in [1.165, 1.54) is 12.8 Å². The molecule has 0 aromatic heterocycles. The predicted molar refractivity (Wildman–Crippen MR) is 19.5 cm³/mol. The molecule has 0 spiro atoms. The Bertz CT molecular complexity index is 36.8. The Morgan fingerprint density at radius 2 is 1.40 bits per heavy atom. The zero-order valence-corrected chi connectivity index (χ0v) is 3.57. The van der Waals surface area contributed by atoms with Crippen LogP contribution in [0.25, 0.3) is 0 Å². The molecule has 1 aliphatic rings. The first-order valence-electron chi connectivity index (χ1n) is 1.65. The van der Waals surface area contributed by atoms with Gasteiger partial charge >= 0.3 is 18.9 Å². The van der Waals surface area contributed by atoms with Crippen molar-refractivity contribution >= 4 is 0 Å². The van der Waals surface area contributed by atoms with Gasteiger partial charge in [-0.05, 0) is 12.8 Å². The zero-order valence-electron chi connectivity index (χ0n) is 4.57. The summed E-state index contributed by atoms with van der Waals surface area (Å²) in [6.45, 7) is 0. The van der Waals surface area contributed by atoms with Crippen molar-refractivity contribution < 1.29 is 20.3 Å². The third-order valence-electron chi connectivity index (χ3n) is 0.667. The molecule has 0 heterocycles. The fourth-order valence-electron chi connectivity index (χ4n) is 0.167. The van der Waals surface area contributed by atoms with E-state index in [1.54, 1.807) is 0 Å². The summed E-state index contributed by atoms with van der Waals surface area (Å²) in [6, 6.07) is 0. The molecule has 24 valence electrons. The Morgan fingerprint density at radius 3 is 1.40 bits per heavy atom. The molecular formula is C4H7Li. The van der Waals surface area contributed by atoms with Crippen LogP contribution in [0.4, 0.5) is 0 Å². The van der Waals surface area contributed by atoms with Gasteiger partial charge in [-0.15, -0.1) is 0 Å². The van der Waals surface area contributed by atoms with Crippen molar-refractivity contribution in [2.24, 2.45) is 0 Å². The predicted octanol–water partition coefficient (Wildman–Crippen LogP) is -1.55. The van der Waals surface area contributed by atoms with Crippen molar-refractivity contribution in [3.63, 3.8) is 0 Å². The summed E-state index contributed by atoms with van der Waals surface area (Å²) >= 11 is 0. The van der Waals surface area contributed by atoms with E-state index in [4.69, 9.17) is 0 Å². The van der Waals surface area contributed by atoms with Crippen molar-refractivity contribution in [3.8, 4) is 0 Å². The Morgan fingerprint density at radius 1 is 1.20 bits per heavy atom. The van der Waals surface area contributed by atoms with Crippen molar-refractivity contribution in [2.75, 3.05) is 0 Å². The maximum Gasteiger partial charge on any atom is 1.00 e. The second kappa shape index (κ2) is 2.57. The third kappa shape index (κ3) is 1.26. The average Bonchev–Trinajstić information content (AvgIpc) is 0.722. The van der Waals surface area contributed by atoms with Gasteiger partial charge in [-0.3, -0.25) is 0 Å². The number of allylic oxidation sites excluding steroid dienone is 2. The summed E-state index contributed by atoms with van der Waals surface area (Å²) in [4.78, 5) is 0. The minimum absolute atomic E-state index is 0. The van der Waals surface area contributed by atoms with Crippen molar-refractivity contribution in [3.05, 3.63) is 12.2 Å². The molecule has 0 bridgehead atoms. The molecule has 0 amide bonds. The first-order valence-corrected chi connectivity index (χ1v) is 1.65. The van der Waals surface area contributed by atoms with Gasteiger partial charge in [-0.25, -0.2) is 0 Å². The molecule has 0 radical (unpaired) electrons. The van der Waals surface area contributed by atoms with Gasteiger partial charge in [0.15, 0.2) is 0 Å². The smallest absolute Gasteiger partial charge is 1.00 e. The average molecular weight is 62.0 g/mol. The quantitative estimate of drug-likeness (QED) is 0.235. The molecule has 0 nitrogen and oxygen atoms in total. The minimum Gasteiger partial charge on any atom is -1.00 e. The zero-order chi connectivity index (χ0) is 2.83. The van der Waals surface area contributed by atoms with E-state index in [2.05, 4.69) is 12.2 Å². The van der Waals surface area contributed by atoms with E-state index in [1.807, 2.05) is 0 Å². The van der Waals surface area contributed by atoms with Crippen molar-refractivity contribution in [1.29, 1.82) is 0 Å². The summed E-state index contributed by atoms with van der Waals surface area (Å²) in [5, 5.41) is 0. The molecule has 0 N–H and O–H groups in total. The van der Waals surface area contributed by atoms with Gasteiger partial charge in [0.2, 0.25) is 0 Å². The first kappa shape index (κ1) is 5.34. The van der Waals surface area contributed by atoms with E-state index in [-0.39, 0.29) is 20.3 Å². The summed E-state index contributed by atoms with van der Waals surface area (Å²) in [6.07, 6.45) is 7.00. The SMILES string of the molecule is C1=CCC1.[H-].[Li+]. The molecule has 0 saturated carbocycles. The molecule has 1 aliphatic carbocycles. The minimum atomic E-state index is 0. The summed E-state index contributed by atoms with van der Waals surface area (Å²) in [5.74, 6) is 0. The second-order valence-corrected chi connectivity index (χ2v) is 1.05. The van der Waals surface area contributed by atoms with Crippen LogP contribution in [0.3, 0.4) is 0 Å². The van der Waals surface area contributed by atoms with Crippen LogP contribution in [0.2, 0.25) is 0 Å². The van der Waals surface area contributed by atoms with Crippen molar-refractivity contribution in [1.82, 2.24) is 0 Å². The van der Waals surface area contributed by atoms with Crippen LogP contribution in [0.15, 0.2) is 12.2 Å². The number of rotatable bonds is 0. The Hall–Kier alpha value is 0.337. The van der Waals surface area contributed by atoms with Gasteiger partial charge < -0.3 is 1.43 Å². The molecular weight excluding hydrogens is 55.0 g/mol. The van der Waals surface area contributed by atoms with Gasteiger partial charge in [-0.2, -0.15) is 0 Å². The fourth-order valence-corrected chi connectivity index (χ4v) is 0.167. The third-order valence-corrected chi connectivity index (χ3v) is 0.667. The van der Waals surface area contributed by atoms with E-state index in [9.17, 15) is 0 Å². The maximum absolute atomic E-state index is 2.18. The Balaban J connectivity index is 0. The molecule has 0 aliphatic heterocycles. The second-order valence-electron chi connectivity index (χ2n) is 1.05. The largest absolute Gasteiger partial charge is 1.00 e. The fraction of sp³-hybridized carbons (Fsp3) is 0.500. The molecule has 1 heteroatoms. The van der Waals surface area contributed by atoms with E-state index in [0.717, 1.165) is 0 Å². The van der Waals surface area contributed by atoms with E-state index in [0.29, 0.717) is 0 Å². The van der Waals surface area contributed by atoms with Gasteiger partial charge in [0.25, 0.3) is 0 Å². The van der Waals surface area contributed by atoms with Crippen LogP contribution in [0.1, 0.15) is 14.3 Å². The van der Waals surface area contributed by atoms with E-state index >= 15 is 0 Å². The van der Waals surface area contributed by atoms with Gasteiger partial charge in [0, 0.05) is 0 Å². The van der Waals surface area contributed by atoms with Crippen LogP contribution >= 0.6 is 0 Å². The Kier molecular flexibility index (Phi) is 2.74. The molecule has 1 rings (SSSR count). The number of hydrogen-bond acceptors (Lipinski definition) is 0. The molecule has 0 saturated heterocycles. The molecule has 0 aromatic rings. The molecule has 0 fully saturated rings. The van der Waals surface area contributed by atoms with Gasteiger partial charge in [0.05, 0.1) is 0 Å². The van der Waals surface area contributed by atoms with Crippen LogP contribution in [-0.2, 0) is 0 Å². The Labute approximate surface area is 45.9 Å². The van der Waals surface area contributed by atoms with Crippen molar-refractivity contribution in [2.45, 2.75) is 12.8 Å². The maximum atomic E-state index is 2.18. The summed E-state index contributed by atoms with van der Waals surface area (Å²) in [5.41, 5.74) is 0. The monoisotopic (exact) mass is 62.1 g/mol. The van der Waals surface area contributed by atoms with E-state index < -0.39 is 0 Å². The van der Waals surface area contributed by atoms with Crippen LogP contribution in [0.5, 0.6) is 0 Å². The van der Waals surface area contributed by atoms with Gasteiger partial charge in [0.1, 0.15) is 0 Å². The van der Waals surface area contributed by atoms with Gasteiger partial charge in [-0.1, -0.05) is 12.2 Å². The summed E-state index contributed by atoms with van der Waals surface area (Å²) in [7, 11) is 0.